The summed E-state index contributed by atoms with van der Waals surface area (Å²) in [6.45, 7) is 1.76. The topological polar surface area (TPSA) is 102 Å². The Hall–Kier alpha value is -3.32. The summed E-state index contributed by atoms with van der Waals surface area (Å²) in [5, 5.41) is 15.7. The summed E-state index contributed by atoms with van der Waals surface area (Å²) in [5.74, 6) is 5.20. The molecule has 1 atom stereocenters. The number of carbonyl (C=O) groups excluding carboxylic acids is 1. The van der Waals surface area contributed by atoms with E-state index in [4.69, 9.17) is 20.9 Å². The largest absolute Gasteiger partial charge is 0.481 e. The first-order valence-electron chi connectivity index (χ1n) is 10.3. The van der Waals surface area contributed by atoms with Gasteiger partial charge < -0.3 is 14.4 Å². The van der Waals surface area contributed by atoms with Crippen molar-refractivity contribution >= 4 is 61.4 Å². The summed E-state index contributed by atoms with van der Waals surface area (Å²) in [6.07, 6.45) is 0.185. The van der Waals surface area contributed by atoms with Gasteiger partial charge in [-0.15, -0.1) is 22.7 Å². The fourth-order valence-electron chi connectivity index (χ4n) is 3.49. The number of nitrogens with zero attached hydrogens (tertiary/aromatic N) is 1. The Labute approximate surface area is 207 Å². The van der Waals surface area contributed by atoms with Gasteiger partial charge in [-0.3, -0.25) is 10.1 Å². The predicted octanol–water partition coefficient (Wildman–Crippen LogP) is 6.43. The lowest BCUT2D eigenvalue weighted by Gasteiger charge is -2.13. The molecule has 1 aromatic carbocycles. The Kier molecular flexibility index (Phi) is 5.81. The molecule has 0 saturated heterocycles. The summed E-state index contributed by atoms with van der Waals surface area (Å²) in [4.78, 5) is 25.6. The summed E-state index contributed by atoms with van der Waals surface area (Å²) < 4.78 is 12.6. The van der Waals surface area contributed by atoms with Crippen LogP contribution in [0, 0.1) is 11.8 Å². The van der Waals surface area contributed by atoms with Crippen LogP contribution in [0.5, 0.6) is 0 Å². The highest BCUT2D eigenvalue weighted by Crippen LogP contribution is 2.52. The van der Waals surface area contributed by atoms with E-state index < -0.39 is 23.6 Å². The molecule has 34 heavy (non-hydrogen) atoms. The Morgan fingerprint density at radius 1 is 1.21 bits per heavy atom. The molecule has 1 aliphatic carbocycles. The van der Waals surface area contributed by atoms with Crippen molar-refractivity contribution in [2.24, 2.45) is 0 Å². The van der Waals surface area contributed by atoms with Gasteiger partial charge in [0.25, 0.3) is 0 Å². The Morgan fingerprint density at radius 3 is 2.62 bits per heavy atom. The zero-order valence-electron chi connectivity index (χ0n) is 17.8. The molecule has 0 aliphatic heterocycles. The highest BCUT2D eigenvalue weighted by molar-refractivity contribution is 7.28. The molecule has 0 radical (unpaired) electrons. The second-order valence-corrected chi connectivity index (χ2v) is 10.4. The lowest BCUT2D eigenvalue weighted by atomic mass is 10.1. The van der Waals surface area contributed by atoms with Crippen molar-refractivity contribution < 1.29 is 24.0 Å². The number of anilines is 1. The van der Waals surface area contributed by atoms with Gasteiger partial charge in [0.1, 0.15) is 17.2 Å². The normalized spacial score (nSPS) is 14.8. The van der Waals surface area contributed by atoms with Crippen LogP contribution in [0.4, 0.5) is 10.5 Å². The molecule has 172 valence electrons. The monoisotopic (exact) mass is 512 g/mol. The van der Waals surface area contributed by atoms with Gasteiger partial charge in [0, 0.05) is 14.3 Å². The fourth-order valence-corrected chi connectivity index (χ4v) is 6.15. The van der Waals surface area contributed by atoms with Crippen molar-refractivity contribution in [1.82, 2.24) is 5.16 Å². The molecule has 2 N–H and O–H groups in total. The Balaban J connectivity index is 1.30. The van der Waals surface area contributed by atoms with Crippen LogP contribution >= 0.6 is 34.3 Å². The van der Waals surface area contributed by atoms with Gasteiger partial charge in [-0.2, -0.15) is 0 Å². The van der Waals surface area contributed by atoms with E-state index in [1.165, 1.54) is 22.7 Å². The van der Waals surface area contributed by atoms with Crippen LogP contribution in [0.3, 0.4) is 0 Å². The van der Waals surface area contributed by atoms with Crippen LogP contribution < -0.4 is 5.32 Å². The van der Waals surface area contributed by atoms with Gasteiger partial charge in [-0.05, 0) is 49.3 Å². The lowest BCUT2D eigenvalue weighted by molar-refractivity contribution is -0.139. The molecular formula is C24H17ClN2O5S2. The number of carboxylic acids is 1. The van der Waals surface area contributed by atoms with Crippen LogP contribution in [-0.2, 0) is 14.9 Å². The molecule has 1 fully saturated rings. The summed E-state index contributed by atoms with van der Waals surface area (Å²) in [5.41, 5.74) is 0.280. The first kappa shape index (κ1) is 22.5. The van der Waals surface area contributed by atoms with Gasteiger partial charge in [-0.25, -0.2) is 4.79 Å². The molecule has 5 rings (SSSR count). The molecule has 3 aromatic heterocycles. The Bertz CT molecular complexity index is 1430. The third kappa shape index (κ3) is 4.28. The SMILES string of the molecule is CC(OC(=O)Nc1c(Cl)noc1C#Cc1cc2sc(C3(C(=O)O)CC3)cc2s1)c1ccccc1. The molecule has 10 heteroatoms. The van der Waals surface area contributed by atoms with Crippen LogP contribution in [0.2, 0.25) is 5.15 Å². The highest BCUT2D eigenvalue weighted by Gasteiger charge is 2.53. The fraction of sp³-hybridized carbons (Fsp3) is 0.208. The van der Waals surface area contributed by atoms with E-state index in [-0.39, 0.29) is 16.6 Å². The van der Waals surface area contributed by atoms with Crippen LogP contribution in [0.25, 0.3) is 9.40 Å². The predicted molar refractivity (Wildman–Crippen MR) is 131 cm³/mol. The maximum Gasteiger partial charge on any atom is 0.412 e. The van der Waals surface area contributed by atoms with Crippen molar-refractivity contribution in [1.29, 1.82) is 0 Å². The van der Waals surface area contributed by atoms with Gasteiger partial charge in [-0.1, -0.05) is 47.1 Å². The first-order valence-corrected chi connectivity index (χ1v) is 12.3. The molecule has 0 bridgehead atoms. The van der Waals surface area contributed by atoms with Gasteiger partial charge in [0.2, 0.25) is 5.76 Å². The Morgan fingerprint density at radius 2 is 1.94 bits per heavy atom. The number of rotatable bonds is 5. The first-order chi connectivity index (χ1) is 16.4. The zero-order chi connectivity index (χ0) is 23.9. The number of hydrogen-bond donors (Lipinski definition) is 2. The second kappa shape index (κ2) is 8.80. The number of carboxylic acid groups (broad SMARTS) is 1. The van der Waals surface area contributed by atoms with E-state index in [0.29, 0.717) is 12.8 Å². The van der Waals surface area contributed by atoms with Crippen LogP contribution in [-0.4, -0.2) is 22.3 Å². The molecule has 1 saturated carbocycles. The number of amides is 1. The standard InChI is InChI=1S/C24H17ClN2O5S2/c1-13(14-5-3-2-4-6-14)31-23(30)26-20-16(32-27-21(20)25)8-7-15-11-17-18(33-15)12-19(34-17)24(9-10-24)22(28)29/h2-6,11-13H,9-10H2,1H3,(H,26,30)(H,28,29). The maximum atomic E-state index is 12.4. The number of nitrogens with one attached hydrogen (secondary N) is 1. The average molecular weight is 513 g/mol. The minimum atomic E-state index is -0.764. The molecule has 4 aromatic rings. The molecule has 1 unspecified atom stereocenters. The lowest BCUT2D eigenvalue weighted by Crippen LogP contribution is -2.17. The van der Waals surface area contributed by atoms with Gasteiger partial charge >= 0.3 is 12.1 Å². The number of halogens is 1. The quantitative estimate of drug-likeness (QED) is 0.299. The summed E-state index contributed by atoms with van der Waals surface area (Å²) in [7, 11) is 0. The van der Waals surface area contributed by atoms with Gasteiger partial charge in [0.15, 0.2) is 5.15 Å². The smallest absolute Gasteiger partial charge is 0.412 e. The second-order valence-electron chi connectivity index (χ2n) is 7.85. The van der Waals surface area contributed by atoms with Crippen molar-refractivity contribution in [3.8, 4) is 11.8 Å². The van der Waals surface area contributed by atoms with Crippen molar-refractivity contribution in [3.05, 3.63) is 68.7 Å². The molecule has 3 heterocycles. The summed E-state index contributed by atoms with van der Waals surface area (Å²) in [6, 6.07) is 13.2. The number of aromatic nitrogens is 1. The van der Waals surface area contributed by atoms with Gasteiger partial charge in [0.05, 0.1) is 4.88 Å². The molecule has 0 spiro atoms. The zero-order valence-corrected chi connectivity index (χ0v) is 20.1. The number of ether oxygens (including phenoxy) is 1. The number of thiophene rings is 2. The third-order valence-electron chi connectivity index (χ3n) is 5.57. The molecular weight excluding hydrogens is 496 g/mol. The van der Waals surface area contributed by atoms with Crippen LogP contribution in [0.1, 0.15) is 46.9 Å². The number of aliphatic carboxylic acids is 1. The molecule has 1 aliphatic rings. The van der Waals surface area contributed by atoms with Crippen LogP contribution in [0.15, 0.2) is 47.0 Å². The number of benzene rings is 1. The minimum Gasteiger partial charge on any atom is -0.481 e. The summed E-state index contributed by atoms with van der Waals surface area (Å²) >= 11 is 9.03. The third-order valence-corrected chi connectivity index (χ3v) is 8.24. The maximum absolute atomic E-state index is 12.4. The van der Waals surface area contributed by atoms with Crippen molar-refractivity contribution in [2.75, 3.05) is 5.32 Å². The van der Waals surface area contributed by atoms with E-state index in [0.717, 1.165) is 24.7 Å². The van der Waals surface area contributed by atoms with E-state index in [1.807, 2.05) is 42.5 Å². The highest BCUT2D eigenvalue weighted by atomic mass is 35.5. The molecule has 1 amide bonds. The van der Waals surface area contributed by atoms with Crippen molar-refractivity contribution in [2.45, 2.75) is 31.3 Å². The van der Waals surface area contributed by atoms with E-state index in [2.05, 4.69) is 22.3 Å². The average Bonchev–Trinajstić information content (AvgIpc) is 3.26. The molecule has 7 nitrogen and oxygen atoms in total. The number of hydrogen-bond acceptors (Lipinski definition) is 7. The number of fused-ring (bicyclic) bond motifs is 1. The minimum absolute atomic E-state index is 0.0335. The van der Waals surface area contributed by atoms with Crippen molar-refractivity contribution in [3.63, 3.8) is 0 Å². The number of carbonyl (C=O) groups is 2. The van der Waals surface area contributed by atoms with E-state index >= 15 is 0 Å². The van der Waals surface area contributed by atoms with E-state index in [1.54, 1.807) is 6.92 Å². The van der Waals surface area contributed by atoms with E-state index in [9.17, 15) is 14.7 Å².